The van der Waals surface area contributed by atoms with Crippen molar-refractivity contribution in [3.63, 3.8) is 0 Å². The van der Waals surface area contributed by atoms with Gasteiger partial charge in [0.1, 0.15) is 5.82 Å². The van der Waals surface area contributed by atoms with E-state index >= 15 is 0 Å². The Labute approximate surface area is 112 Å². The molecule has 3 atom stereocenters. The number of hydrogen-bond acceptors (Lipinski definition) is 4. The van der Waals surface area contributed by atoms with Gasteiger partial charge >= 0.3 is 0 Å². The van der Waals surface area contributed by atoms with Crippen molar-refractivity contribution >= 4 is 0 Å². The van der Waals surface area contributed by atoms with Crippen LogP contribution in [0.2, 0.25) is 0 Å². The molecule has 1 aliphatic heterocycles. The van der Waals surface area contributed by atoms with E-state index in [0.717, 1.165) is 0 Å². The lowest BCUT2D eigenvalue weighted by atomic mass is 9.96. The maximum absolute atomic E-state index is 13.5. The summed E-state index contributed by atoms with van der Waals surface area (Å²) in [6.07, 6.45) is -0.748. The molecule has 0 saturated carbocycles. The molecule has 0 aliphatic carbocycles. The molecule has 4 nitrogen and oxygen atoms in total. The number of halogens is 1. The summed E-state index contributed by atoms with van der Waals surface area (Å²) >= 11 is 0. The smallest absolute Gasteiger partial charge is 0.126 e. The van der Waals surface area contributed by atoms with Crippen molar-refractivity contribution in [1.82, 2.24) is 4.90 Å². The lowest BCUT2D eigenvalue weighted by molar-refractivity contribution is -0.0890. The summed E-state index contributed by atoms with van der Waals surface area (Å²) in [6.45, 7) is 0.934. The Morgan fingerprint density at radius 3 is 2.68 bits per heavy atom. The van der Waals surface area contributed by atoms with Gasteiger partial charge in [-0.1, -0.05) is 18.2 Å². The fourth-order valence-corrected chi connectivity index (χ4v) is 2.57. The zero-order chi connectivity index (χ0) is 13.8. The van der Waals surface area contributed by atoms with Crippen molar-refractivity contribution in [2.75, 3.05) is 19.7 Å². The van der Waals surface area contributed by atoms with Gasteiger partial charge in [-0.25, -0.2) is 4.39 Å². The van der Waals surface area contributed by atoms with E-state index in [0.29, 0.717) is 31.5 Å². The second kappa shape index (κ2) is 6.43. The second-order valence-corrected chi connectivity index (χ2v) is 4.97. The maximum Gasteiger partial charge on any atom is 0.126 e. The first-order valence-corrected chi connectivity index (χ1v) is 6.58. The van der Waals surface area contributed by atoms with Gasteiger partial charge in [0, 0.05) is 13.1 Å². The molecule has 2 rings (SSSR count). The number of likely N-dealkylation sites (tertiary alicyclic amines) is 1. The Balaban J connectivity index is 1.97. The third-order valence-corrected chi connectivity index (χ3v) is 3.78. The van der Waals surface area contributed by atoms with Crippen LogP contribution in [0.15, 0.2) is 24.3 Å². The lowest BCUT2D eigenvalue weighted by Crippen LogP contribution is -2.56. The Bertz CT molecular complexity index is 415. The molecule has 1 aromatic carbocycles. The van der Waals surface area contributed by atoms with Crippen LogP contribution in [0.5, 0.6) is 0 Å². The van der Waals surface area contributed by atoms with Crippen LogP contribution in [0, 0.1) is 5.82 Å². The minimum Gasteiger partial charge on any atom is -0.395 e. The Kier molecular flexibility index (Phi) is 4.87. The molecule has 0 amide bonds. The minimum atomic E-state index is -0.945. The molecular formula is C14H20FNO3. The van der Waals surface area contributed by atoms with Gasteiger partial charge in [-0.15, -0.1) is 0 Å². The zero-order valence-electron chi connectivity index (χ0n) is 10.7. The molecule has 106 valence electrons. The number of nitrogens with zero attached hydrogens (tertiary/aromatic N) is 1. The highest BCUT2D eigenvalue weighted by atomic mass is 19.1. The van der Waals surface area contributed by atoms with E-state index in [1.807, 2.05) is 4.90 Å². The predicted octanol–water partition coefficient (Wildman–Crippen LogP) is 0.157. The van der Waals surface area contributed by atoms with Gasteiger partial charge in [-0.2, -0.15) is 0 Å². The number of benzene rings is 1. The minimum absolute atomic E-state index is 0.213. The van der Waals surface area contributed by atoms with E-state index in [1.54, 1.807) is 18.2 Å². The van der Waals surface area contributed by atoms with Crippen molar-refractivity contribution in [3.05, 3.63) is 35.6 Å². The SMILES string of the molecule is OC[C@H]1[C@@H](O)[C@H](O)CCN1CCc1ccccc1F. The number of piperidine rings is 1. The van der Waals surface area contributed by atoms with Crippen LogP contribution in [0.1, 0.15) is 12.0 Å². The summed E-state index contributed by atoms with van der Waals surface area (Å²) in [5, 5.41) is 28.7. The molecule has 1 aliphatic rings. The van der Waals surface area contributed by atoms with E-state index < -0.39 is 18.2 Å². The Morgan fingerprint density at radius 1 is 1.26 bits per heavy atom. The molecule has 1 fully saturated rings. The van der Waals surface area contributed by atoms with Gasteiger partial charge in [-0.05, 0) is 24.5 Å². The largest absolute Gasteiger partial charge is 0.395 e. The Hall–Kier alpha value is -1.01. The molecule has 5 heteroatoms. The van der Waals surface area contributed by atoms with Crippen LogP contribution >= 0.6 is 0 Å². The Morgan fingerprint density at radius 2 is 2.00 bits per heavy atom. The lowest BCUT2D eigenvalue weighted by Gasteiger charge is -2.40. The molecule has 0 bridgehead atoms. The highest BCUT2D eigenvalue weighted by molar-refractivity contribution is 5.17. The third kappa shape index (κ3) is 3.30. The van der Waals surface area contributed by atoms with Crippen molar-refractivity contribution in [1.29, 1.82) is 0 Å². The van der Waals surface area contributed by atoms with Gasteiger partial charge in [0.05, 0.1) is 24.9 Å². The topological polar surface area (TPSA) is 63.9 Å². The van der Waals surface area contributed by atoms with Crippen molar-refractivity contribution < 1.29 is 19.7 Å². The van der Waals surface area contributed by atoms with Crippen molar-refractivity contribution in [2.45, 2.75) is 31.1 Å². The molecule has 0 spiro atoms. The molecular weight excluding hydrogens is 249 g/mol. The fraction of sp³-hybridized carbons (Fsp3) is 0.571. The van der Waals surface area contributed by atoms with Gasteiger partial charge in [0.2, 0.25) is 0 Å². The molecule has 1 aromatic rings. The number of aliphatic hydroxyl groups is 3. The first kappa shape index (κ1) is 14.4. The predicted molar refractivity (Wildman–Crippen MR) is 69.2 cm³/mol. The van der Waals surface area contributed by atoms with E-state index in [4.69, 9.17) is 0 Å². The van der Waals surface area contributed by atoms with E-state index in [2.05, 4.69) is 0 Å². The van der Waals surface area contributed by atoms with Gasteiger partial charge in [0.15, 0.2) is 0 Å². The standard InChI is InChI=1S/C14H20FNO3/c15-11-4-2-1-3-10(11)5-7-16-8-6-13(18)14(19)12(16)9-17/h1-4,12-14,17-19H,5-9H2/t12-,13+,14+/m0/s1. The molecule has 3 N–H and O–H groups in total. The summed E-state index contributed by atoms with van der Waals surface area (Å²) in [5.74, 6) is -0.236. The first-order chi connectivity index (χ1) is 9.13. The molecule has 0 radical (unpaired) electrons. The summed E-state index contributed by atoms with van der Waals surface area (Å²) in [4.78, 5) is 1.91. The van der Waals surface area contributed by atoms with Crippen molar-refractivity contribution in [2.24, 2.45) is 0 Å². The molecule has 0 aromatic heterocycles. The average molecular weight is 269 g/mol. The van der Waals surface area contributed by atoms with Crippen LogP contribution in [0.4, 0.5) is 4.39 Å². The third-order valence-electron chi connectivity index (χ3n) is 3.78. The molecule has 0 unspecified atom stereocenters. The summed E-state index contributed by atoms with van der Waals surface area (Å²) in [7, 11) is 0. The summed E-state index contributed by atoms with van der Waals surface area (Å²) in [5.41, 5.74) is 0.625. The van der Waals surface area contributed by atoms with Gasteiger partial charge in [0.25, 0.3) is 0 Å². The monoisotopic (exact) mass is 269 g/mol. The highest BCUT2D eigenvalue weighted by Crippen LogP contribution is 2.19. The van der Waals surface area contributed by atoms with E-state index in [1.165, 1.54) is 6.07 Å². The van der Waals surface area contributed by atoms with Gasteiger partial charge in [-0.3, -0.25) is 4.90 Å². The van der Waals surface area contributed by atoms with E-state index in [-0.39, 0.29) is 12.4 Å². The number of hydrogen-bond donors (Lipinski definition) is 3. The highest BCUT2D eigenvalue weighted by Gasteiger charge is 2.35. The van der Waals surface area contributed by atoms with Crippen LogP contribution in [0.25, 0.3) is 0 Å². The molecule has 1 saturated heterocycles. The van der Waals surface area contributed by atoms with Gasteiger partial charge < -0.3 is 15.3 Å². The number of rotatable bonds is 4. The normalized spacial score (nSPS) is 28.5. The summed E-state index contributed by atoms with van der Waals surface area (Å²) in [6, 6.07) is 6.12. The molecule has 19 heavy (non-hydrogen) atoms. The van der Waals surface area contributed by atoms with Crippen LogP contribution in [0.3, 0.4) is 0 Å². The quantitative estimate of drug-likeness (QED) is 0.728. The second-order valence-electron chi connectivity index (χ2n) is 4.97. The van der Waals surface area contributed by atoms with Crippen LogP contribution in [-0.4, -0.2) is 58.2 Å². The summed E-state index contributed by atoms with van der Waals surface area (Å²) < 4.78 is 13.5. The molecule has 1 heterocycles. The van der Waals surface area contributed by atoms with Crippen LogP contribution in [-0.2, 0) is 6.42 Å². The van der Waals surface area contributed by atoms with E-state index in [9.17, 15) is 19.7 Å². The first-order valence-electron chi connectivity index (χ1n) is 6.58. The fourth-order valence-electron chi connectivity index (χ4n) is 2.57. The zero-order valence-corrected chi connectivity index (χ0v) is 10.7. The average Bonchev–Trinajstić information content (AvgIpc) is 2.41. The van der Waals surface area contributed by atoms with Crippen LogP contribution < -0.4 is 0 Å². The maximum atomic E-state index is 13.5. The van der Waals surface area contributed by atoms with Crippen molar-refractivity contribution in [3.8, 4) is 0 Å². The number of aliphatic hydroxyl groups excluding tert-OH is 3.